The van der Waals surface area contributed by atoms with Crippen LogP contribution in [0.4, 0.5) is 0 Å². The van der Waals surface area contributed by atoms with E-state index < -0.39 is 0 Å². The van der Waals surface area contributed by atoms with E-state index in [1.807, 2.05) is 13.8 Å². The van der Waals surface area contributed by atoms with Crippen LogP contribution < -0.4 is 4.74 Å². The lowest BCUT2D eigenvalue weighted by atomic mass is 10.1. The Balaban J connectivity index is 1.66. The minimum absolute atomic E-state index is 0.211. The van der Waals surface area contributed by atoms with E-state index >= 15 is 0 Å². The van der Waals surface area contributed by atoms with Crippen LogP contribution in [0.5, 0.6) is 5.75 Å². The van der Waals surface area contributed by atoms with Gasteiger partial charge in [0.15, 0.2) is 5.76 Å². The van der Waals surface area contributed by atoms with Gasteiger partial charge in [-0.2, -0.15) is 0 Å². The lowest BCUT2D eigenvalue weighted by Crippen LogP contribution is -2.22. The maximum atomic E-state index is 5.71. The summed E-state index contributed by atoms with van der Waals surface area (Å²) in [5, 5.41) is 4.14. The molecule has 2 aromatic rings. The Morgan fingerprint density at radius 2 is 2.09 bits per heavy atom. The van der Waals surface area contributed by atoms with Crippen LogP contribution in [-0.2, 0) is 13.0 Å². The number of nitrogens with zero attached hydrogens (tertiary/aromatic N) is 2. The lowest BCUT2D eigenvalue weighted by molar-refractivity contribution is 0.206. The molecule has 1 aliphatic rings. The van der Waals surface area contributed by atoms with Gasteiger partial charge in [-0.3, -0.25) is 4.90 Å². The minimum Gasteiger partial charge on any atom is -0.491 e. The second-order valence-corrected chi connectivity index (χ2v) is 6.51. The van der Waals surface area contributed by atoms with Gasteiger partial charge in [0.1, 0.15) is 5.75 Å². The van der Waals surface area contributed by atoms with Crippen molar-refractivity contribution < 1.29 is 9.26 Å². The third-order valence-corrected chi connectivity index (χ3v) is 4.31. The highest BCUT2D eigenvalue weighted by molar-refractivity contribution is 5.27. The Bertz CT molecular complexity index is 619. The van der Waals surface area contributed by atoms with E-state index in [4.69, 9.17) is 9.26 Å². The molecule has 1 fully saturated rings. The topological polar surface area (TPSA) is 38.5 Å². The van der Waals surface area contributed by atoms with Gasteiger partial charge in [0.2, 0.25) is 0 Å². The molecule has 23 heavy (non-hydrogen) atoms. The maximum absolute atomic E-state index is 5.71. The summed E-state index contributed by atoms with van der Waals surface area (Å²) < 4.78 is 11.3. The normalized spacial score (nSPS) is 18.7. The predicted octanol–water partition coefficient (Wildman–Crippen LogP) is 4.36. The van der Waals surface area contributed by atoms with Gasteiger partial charge >= 0.3 is 0 Å². The van der Waals surface area contributed by atoms with Crippen molar-refractivity contribution in [3.8, 4) is 5.75 Å². The highest BCUT2D eigenvalue weighted by Gasteiger charge is 2.29. The highest BCUT2D eigenvalue weighted by atomic mass is 16.5. The summed E-state index contributed by atoms with van der Waals surface area (Å²) in [6, 6.07) is 10.9. The van der Waals surface area contributed by atoms with Crippen molar-refractivity contribution in [2.24, 2.45) is 0 Å². The number of benzene rings is 1. The Morgan fingerprint density at radius 1 is 1.30 bits per heavy atom. The quantitative estimate of drug-likeness (QED) is 0.794. The zero-order valence-corrected chi connectivity index (χ0v) is 14.3. The highest BCUT2D eigenvalue weighted by Crippen LogP contribution is 2.33. The van der Waals surface area contributed by atoms with Crippen LogP contribution in [0.25, 0.3) is 0 Å². The molecule has 0 amide bonds. The standard InChI is InChI=1S/C19H26N2O2/c1-4-16-12-19(23-20-16)18-6-5-11-21(18)13-15-7-9-17(10-8-15)22-14(2)3/h7-10,12,14,18H,4-6,11,13H2,1-3H3. The van der Waals surface area contributed by atoms with E-state index in [9.17, 15) is 0 Å². The fourth-order valence-electron chi connectivity index (χ4n) is 3.17. The number of hydrogen-bond donors (Lipinski definition) is 0. The second-order valence-electron chi connectivity index (χ2n) is 6.51. The third-order valence-electron chi connectivity index (χ3n) is 4.31. The van der Waals surface area contributed by atoms with Crippen molar-refractivity contribution in [3.05, 3.63) is 47.3 Å². The molecule has 4 heteroatoms. The van der Waals surface area contributed by atoms with Crippen LogP contribution >= 0.6 is 0 Å². The van der Waals surface area contributed by atoms with Crippen LogP contribution in [-0.4, -0.2) is 22.7 Å². The molecule has 0 spiro atoms. The first-order valence-electron chi connectivity index (χ1n) is 8.61. The fourth-order valence-corrected chi connectivity index (χ4v) is 3.17. The molecule has 124 valence electrons. The van der Waals surface area contributed by atoms with Crippen molar-refractivity contribution in [2.75, 3.05) is 6.54 Å². The summed E-state index contributed by atoms with van der Waals surface area (Å²) in [7, 11) is 0. The van der Waals surface area contributed by atoms with Crippen LogP contribution in [0.1, 0.15) is 56.7 Å². The average molecular weight is 314 g/mol. The minimum atomic E-state index is 0.211. The Morgan fingerprint density at radius 3 is 2.74 bits per heavy atom. The van der Waals surface area contributed by atoms with Crippen molar-refractivity contribution in [1.82, 2.24) is 10.1 Å². The number of hydrogen-bond acceptors (Lipinski definition) is 4. The first-order valence-corrected chi connectivity index (χ1v) is 8.61. The van der Waals surface area contributed by atoms with Gasteiger partial charge in [-0.25, -0.2) is 0 Å². The molecule has 2 heterocycles. The van der Waals surface area contributed by atoms with Crippen molar-refractivity contribution in [2.45, 2.75) is 58.7 Å². The molecule has 0 radical (unpaired) electrons. The third kappa shape index (κ3) is 3.94. The van der Waals surface area contributed by atoms with Crippen LogP contribution in [0.3, 0.4) is 0 Å². The number of ether oxygens (including phenoxy) is 1. The Hall–Kier alpha value is -1.81. The van der Waals surface area contributed by atoms with Crippen LogP contribution in [0.2, 0.25) is 0 Å². The van der Waals surface area contributed by atoms with Crippen molar-refractivity contribution >= 4 is 0 Å². The van der Waals surface area contributed by atoms with E-state index in [2.05, 4.69) is 47.3 Å². The van der Waals surface area contributed by atoms with Gasteiger partial charge in [-0.05, 0) is 57.4 Å². The SMILES string of the molecule is CCc1cc(C2CCCN2Cc2ccc(OC(C)C)cc2)on1. The summed E-state index contributed by atoms with van der Waals surface area (Å²) in [5.74, 6) is 1.95. The molecule has 1 aromatic carbocycles. The molecule has 0 saturated carbocycles. The van der Waals surface area contributed by atoms with Crippen LogP contribution in [0.15, 0.2) is 34.9 Å². The van der Waals surface area contributed by atoms with Crippen molar-refractivity contribution in [1.29, 1.82) is 0 Å². The van der Waals surface area contributed by atoms with Gasteiger partial charge < -0.3 is 9.26 Å². The molecule has 1 unspecified atom stereocenters. The van der Waals surface area contributed by atoms with E-state index in [0.29, 0.717) is 6.04 Å². The molecule has 0 bridgehead atoms. The first kappa shape index (κ1) is 16.1. The van der Waals surface area contributed by atoms with E-state index in [0.717, 1.165) is 43.1 Å². The van der Waals surface area contributed by atoms with Crippen LogP contribution in [0, 0.1) is 0 Å². The van der Waals surface area contributed by atoms with Gasteiger partial charge in [-0.1, -0.05) is 24.2 Å². The Kier molecular flexibility index (Phi) is 5.01. The summed E-state index contributed by atoms with van der Waals surface area (Å²) >= 11 is 0. The predicted molar refractivity (Wildman–Crippen MR) is 90.5 cm³/mol. The maximum Gasteiger partial charge on any atom is 0.154 e. The first-order chi connectivity index (χ1) is 11.2. The van der Waals surface area contributed by atoms with Crippen molar-refractivity contribution in [3.63, 3.8) is 0 Å². The molecule has 0 N–H and O–H groups in total. The number of rotatable bonds is 6. The summed E-state index contributed by atoms with van der Waals surface area (Å²) in [6.07, 6.45) is 3.49. The van der Waals surface area contributed by atoms with E-state index in [-0.39, 0.29) is 6.10 Å². The molecular formula is C19H26N2O2. The average Bonchev–Trinajstić information content (AvgIpc) is 3.17. The number of likely N-dealkylation sites (tertiary alicyclic amines) is 1. The fraction of sp³-hybridized carbons (Fsp3) is 0.526. The molecule has 1 atom stereocenters. The van der Waals surface area contributed by atoms with Gasteiger partial charge in [0, 0.05) is 12.6 Å². The number of aryl methyl sites for hydroxylation is 1. The molecule has 4 nitrogen and oxygen atoms in total. The van der Waals surface area contributed by atoms with Gasteiger partial charge in [0.05, 0.1) is 17.8 Å². The van der Waals surface area contributed by atoms with E-state index in [1.165, 1.54) is 12.0 Å². The molecular weight excluding hydrogens is 288 g/mol. The smallest absolute Gasteiger partial charge is 0.154 e. The largest absolute Gasteiger partial charge is 0.491 e. The molecule has 3 rings (SSSR count). The number of aromatic nitrogens is 1. The Labute approximate surface area is 138 Å². The molecule has 1 aromatic heterocycles. The molecule has 0 aliphatic carbocycles. The summed E-state index contributed by atoms with van der Waals surface area (Å²) in [5.41, 5.74) is 2.35. The zero-order chi connectivity index (χ0) is 16.2. The monoisotopic (exact) mass is 314 g/mol. The second kappa shape index (κ2) is 7.18. The van der Waals surface area contributed by atoms with Gasteiger partial charge in [-0.15, -0.1) is 0 Å². The summed E-state index contributed by atoms with van der Waals surface area (Å²) in [6.45, 7) is 8.25. The summed E-state index contributed by atoms with van der Waals surface area (Å²) in [4.78, 5) is 2.48. The lowest BCUT2D eigenvalue weighted by Gasteiger charge is -2.22. The zero-order valence-electron chi connectivity index (χ0n) is 14.3. The molecule has 1 saturated heterocycles. The van der Waals surface area contributed by atoms with Gasteiger partial charge in [0.25, 0.3) is 0 Å². The molecule has 1 aliphatic heterocycles. The van der Waals surface area contributed by atoms with E-state index in [1.54, 1.807) is 0 Å².